The summed E-state index contributed by atoms with van der Waals surface area (Å²) in [5.74, 6) is -2.33. The largest absolute Gasteiger partial charge is 0.494 e. The Morgan fingerprint density at radius 1 is 1.02 bits per heavy atom. The van der Waals surface area contributed by atoms with Gasteiger partial charge >= 0.3 is 5.97 Å². The number of esters is 1. The van der Waals surface area contributed by atoms with E-state index >= 15 is 0 Å². The maximum atomic E-state index is 13.3. The number of ether oxygens (including phenoxy) is 3. The normalized spacial score (nSPS) is 13.5. The molecule has 0 spiro atoms. The molecule has 2 aromatic carbocycles. The third-order valence-electron chi connectivity index (χ3n) is 6.96. The summed E-state index contributed by atoms with van der Waals surface area (Å²) in [6.45, 7) is 5.04. The molecule has 0 bridgehead atoms. The number of H-pyrrole nitrogens is 1. The molecule has 2 atom stereocenters. The Balaban J connectivity index is 1.55. The van der Waals surface area contributed by atoms with Crippen molar-refractivity contribution in [2.24, 2.45) is 5.92 Å². The molecule has 0 saturated carbocycles. The molecule has 5 N–H and O–H groups in total. The van der Waals surface area contributed by atoms with E-state index < -0.39 is 41.5 Å². The van der Waals surface area contributed by atoms with Crippen molar-refractivity contribution in [3.05, 3.63) is 76.4 Å². The zero-order valence-electron chi connectivity index (χ0n) is 24.1. The van der Waals surface area contributed by atoms with Gasteiger partial charge in [0, 0.05) is 11.6 Å². The van der Waals surface area contributed by atoms with Crippen molar-refractivity contribution < 1.29 is 43.6 Å². The van der Waals surface area contributed by atoms with Crippen LogP contribution in [0.15, 0.2) is 48.5 Å². The second-order valence-corrected chi connectivity index (χ2v) is 10.3. The molecule has 0 radical (unpaired) electrons. The van der Waals surface area contributed by atoms with Gasteiger partial charge in [-0.2, -0.15) is 0 Å². The summed E-state index contributed by atoms with van der Waals surface area (Å²) in [5, 5.41) is 25.5. The van der Waals surface area contributed by atoms with Gasteiger partial charge < -0.3 is 35.1 Å². The highest BCUT2D eigenvalue weighted by atomic mass is 16.7. The van der Waals surface area contributed by atoms with E-state index in [1.54, 1.807) is 56.3 Å². The second kappa shape index (κ2) is 13.1. The minimum atomic E-state index is -1.05. The van der Waals surface area contributed by atoms with E-state index in [1.807, 2.05) is 0 Å². The Bertz CT molecular complexity index is 1570. The molecule has 0 aliphatic carbocycles. The van der Waals surface area contributed by atoms with Crippen LogP contribution in [0.25, 0.3) is 6.08 Å². The molecule has 12 nitrogen and oxygen atoms in total. The summed E-state index contributed by atoms with van der Waals surface area (Å²) >= 11 is 0. The van der Waals surface area contributed by atoms with Gasteiger partial charge in [0.15, 0.2) is 23.2 Å². The maximum absolute atomic E-state index is 13.3. The maximum Gasteiger partial charge on any atom is 0.337 e. The van der Waals surface area contributed by atoms with E-state index in [-0.39, 0.29) is 41.7 Å². The summed E-state index contributed by atoms with van der Waals surface area (Å²) in [6, 6.07) is 9.59. The van der Waals surface area contributed by atoms with Crippen LogP contribution < -0.4 is 20.1 Å². The standard InChI is InChI=1S/C31H33N3O9/c1-16(2)27(28(37)26-17(3)29(38)34-30(26)39)33-25(36)14-21(19-6-5-7-20(13-19)31(40)41-4)32-24(35)11-9-18-8-10-22-23(12-18)43-15-42-22/h5-13,16,21,27,34,38-39H,14-15H2,1-4H3,(H,32,35)(H,33,36)/t21?,27-/m0/s1. The first-order valence-corrected chi connectivity index (χ1v) is 13.5. The van der Waals surface area contributed by atoms with E-state index in [1.165, 1.54) is 26.2 Å². The fourth-order valence-corrected chi connectivity index (χ4v) is 4.64. The number of carbonyl (C=O) groups excluding carboxylic acids is 4. The van der Waals surface area contributed by atoms with E-state index in [4.69, 9.17) is 14.2 Å². The first-order valence-electron chi connectivity index (χ1n) is 13.5. The molecule has 1 aromatic heterocycles. The van der Waals surface area contributed by atoms with Crippen LogP contribution >= 0.6 is 0 Å². The average molecular weight is 592 g/mol. The van der Waals surface area contributed by atoms with Crippen LogP contribution in [0.3, 0.4) is 0 Å². The zero-order chi connectivity index (χ0) is 31.3. The summed E-state index contributed by atoms with van der Waals surface area (Å²) in [4.78, 5) is 54.1. The van der Waals surface area contributed by atoms with Crippen LogP contribution in [-0.4, -0.2) is 58.7 Å². The van der Waals surface area contributed by atoms with E-state index in [0.29, 0.717) is 22.6 Å². The lowest BCUT2D eigenvalue weighted by Gasteiger charge is -2.24. The zero-order valence-corrected chi connectivity index (χ0v) is 24.1. The number of aromatic amines is 1. The van der Waals surface area contributed by atoms with Gasteiger partial charge in [-0.15, -0.1) is 0 Å². The molecule has 4 rings (SSSR count). The molecule has 0 fully saturated rings. The smallest absolute Gasteiger partial charge is 0.337 e. The Hall–Kier alpha value is -5.26. The Labute approximate surface area is 247 Å². The first kappa shape index (κ1) is 30.7. The molecule has 43 heavy (non-hydrogen) atoms. The van der Waals surface area contributed by atoms with Crippen LogP contribution in [0.2, 0.25) is 0 Å². The number of hydrogen-bond acceptors (Lipinski definition) is 9. The van der Waals surface area contributed by atoms with Crippen LogP contribution in [0.5, 0.6) is 23.3 Å². The molecule has 12 heteroatoms. The van der Waals surface area contributed by atoms with Crippen LogP contribution in [0.4, 0.5) is 0 Å². The van der Waals surface area contributed by atoms with Crippen LogP contribution in [0.1, 0.15) is 63.7 Å². The average Bonchev–Trinajstić information content (AvgIpc) is 3.55. The lowest BCUT2D eigenvalue weighted by molar-refractivity contribution is -0.123. The lowest BCUT2D eigenvalue weighted by Crippen LogP contribution is -2.45. The molecular formula is C31H33N3O9. The lowest BCUT2D eigenvalue weighted by atomic mass is 9.93. The van der Waals surface area contributed by atoms with Crippen molar-refractivity contribution in [1.82, 2.24) is 15.6 Å². The van der Waals surface area contributed by atoms with Crippen molar-refractivity contribution in [1.29, 1.82) is 0 Å². The van der Waals surface area contributed by atoms with Crippen LogP contribution in [-0.2, 0) is 14.3 Å². The van der Waals surface area contributed by atoms with Gasteiger partial charge in [-0.1, -0.05) is 32.0 Å². The van der Waals surface area contributed by atoms with Gasteiger partial charge in [0.25, 0.3) is 0 Å². The highest BCUT2D eigenvalue weighted by Crippen LogP contribution is 2.33. The van der Waals surface area contributed by atoms with Gasteiger partial charge in [0.05, 0.1) is 36.7 Å². The highest BCUT2D eigenvalue weighted by molar-refractivity contribution is 6.05. The number of carbonyl (C=O) groups is 4. The van der Waals surface area contributed by atoms with Crippen molar-refractivity contribution in [2.75, 3.05) is 13.9 Å². The Morgan fingerprint density at radius 2 is 1.77 bits per heavy atom. The van der Waals surface area contributed by atoms with Crippen molar-refractivity contribution in [3.8, 4) is 23.3 Å². The summed E-state index contributed by atoms with van der Waals surface area (Å²) < 4.78 is 15.5. The fourth-order valence-electron chi connectivity index (χ4n) is 4.64. The topological polar surface area (TPSA) is 176 Å². The van der Waals surface area contributed by atoms with E-state index in [2.05, 4.69) is 15.6 Å². The predicted molar refractivity (Wildman–Crippen MR) is 155 cm³/mol. The van der Waals surface area contributed by atoms with Gasteiger partial charge in [-0.25, -0.2) is 4.79 Å². The second-order valence-electron chi connectivity index (χ2n) is 10.3. The molecule has 1 aliphatic rings. The molecule has 3 aromatic rings. The number of aromatic hydroxyl groups is 2. The number of ketones is 1. The number of benzene rings is 2. The minimum absolute atomic E-state index is 0.120. The Morgan fingerprint density at radius 3 is 2.44 bits per heavy atom. The van der Waals surface area contributed by atoms with E-state index in [9.17, 15) is 29.4 Å². The number of methoxy groups -OCH3 is 1. The number of Topliss-reactive ketones (excluding diaryl/α,β-unsaturated/α-hetero) is 1. The van der Waals surface area contributed by atoms with Gasteiger partial charge in [-0.3, -0.25) is 19.4 Å². The quantitative estimate of drug-likeness (QED) is 0.127. The van der Waals surface area contributed by atoms with E-state index in [0.717, 1.165) is 0 Å². The third kappa shape index (κ3) is 7.15. The molecule has 1 aliphatic heterocycles. The van der Waals surface area contributed by atoms with Crippen molar-refractivity contribution >= 4 is 29.6 Å². The predicted octanol–water partition coefficient (Wildman–Crippen LogP) is 3.53. The Kier molecular flexibility index (Phi) is 9.39. The SMILES string of the molecule is COC(=O)c1cccc(C(CC(=O)N[C@H](C(=O)c2c(O)[nH]c(O)c2C)C(C)C)NC(=O)C=Cc2ccc3c(c2)OCO3)c1. The monoisotopic (exact) mass is 591 g/mol. The number of amides is 2. The van der Waals surface area contributed by atoms with Gasteiger partial charge in [0.2, 0.25) is 24.5 Å². The number of rotatable bonds is 11. The molecule has 0 saturated heterocycles. The summed E-state index contributed by atoms with van der Waals surface area (Å²) in [5.41, 5.74) is 1.40. The summed E-state index contributed by atoms with van der Waals surface area (Å²) in [7, 11) is 1.25. The van der Waals surface area contributed by atoms with Gasteiger partial charge in [-0.05, 0) is 54.3 Å². The number of aromatic nitrogens is 1. The minimum Gasteiger partial charge on any atom is -0.494 e. The molecule has 2 heterocycles. The fraction of sp³-hybridized carbons (Fsp3) is 0.290. The molecule has 2 amide bonds. The van der Waals surface area contributed by atoms with Crippen molar-refractivity contribution in [2.45, 2.75) is 39.3 Å². The van der Waals surface area contributed by atoms with Gasteiger partial charge in [0.1, 0.15) is 0 Å². The first-order chi connectivity index (χ1) is 20.5. The highest BCUT2D eigenvalue weighted by Gasteiger charge is 2.31. The molecule has 1 unspecified atom stereocenters. The number of hydrogen-bond donors (Lipinski definition) is 5. The number of fused-ring (bicyclic) bond motifs is 1. The molecule has 226 valence electrons. The molecular weight excluding hydrogens is 558 g/mol. The van der Waals surface area contributed by atoms with Crippen LogP contribution in [0, 0.1) is 12.8 Å². The number of nitrogens with one attached hydrogen (secondary N) is 3. The summed E-state index contributed by atoms with van der Waals surface area (Å²) in [6.07, 6.45) is 2.60. The third-order valence-corrected chi connectivity index (χ3v) is 6.96. The van der Waals surface area contributed by atoms with Crippen molar-refractivity contribution in [3.63, 3.8) is 0 Å².